The molecule has 5 heteroatoms. The Labute approximate surface area is 118 Å². The summed E-state index contributed by atoms with van der Waals surface area (Å²) in [6.07, 6.45) is 1.07. The fraction of sp³-hybridized carbons (Fsp3) is 0.467. The molecule has 0 bridgehead atoms. The Hall–Kier alpha value is -2.04. The predicted octanol–water partition coefficient (Wildman–Crippen LogP) is 2.31. The third-order valence-electron chi connectivity index (χ3n) is 3.38. The highest BCUT2D eigenvalue weighted by molar-refractivity contribution is 6.00. The van der Waals surface area contributed by atoms with Crippen LogP contribution in [0.2, 0.25) is 0 Å². The van der Waals surface area contributed by atoms with Gasteiger partial charge in [-0.15, -0.1) is 0 Å². The van der Waals surface area contributed by atoms with E-state index in [4.69, 9.17) is 0 Å². The Morgan fingerprint density at radius 3 is 2.15 bits per heavy atom. The first-order valence-electron chi connectivity index (χ1n) is 6.58. The van der Waals surface area contributed by atoms with Crippen LogP contribution in [0.25, 0.3) is 0 Å². The summed E-state index contributed by atoms with van der Waals surface area (Å²) in [7, 11) is 0. The van der Waals surface area contributed by atoms with Crippen molar-refractivity contribution < 1.29 is 14.5 Å². The Morgan fingerprint density at radius 1 is 1.15 bits per heavy atom. The highest BCUT2D eigenvalue weighted by atomic mass is 16.6. The van der Waals surface area contributed by atoms with E-state index in [0.29, 0.717) is 12.8 Å². The maximum absolute atomic E-state index is 11.6. The number of carbonyl (C=O) groups excluding carboxylic acids is 2. The number of nitrogens with zero attached hydrogens (tertiary/aromatic N) is 1. The number of ketones is 2. The van der Waals surface area contributed by atoms with Gasteiger partial charge in [-0.3, -0.25) is 19.7 Å². The first kappa shape index (κ1) is 16.0. The topological polar surface area (TPSA) is 77.3 Å². The third kappa shape index (κ3) is 4.91. The Morgan fingerprint density at radius 2 is 1.70 bits per heavy atom. The predicted molar refractivity (Wildman–Crippen MR) is 75.0 cm³/mol. The summed E-state index contributed by atoms with van der Waals surface area (Å²) >= 11 is 0. The lowest BCUT2D eigenvalue weighted by Crippen LogP contribution is -2.33. The van der Waals surface area contributed by atoms with E-state index < -0.39 is 16.8 Å². The van der Waals surface area contributed by atoms with E-state index in [9.17, 15) is 19.7 Å². The van der Waals surface area contributed by atoms with Crippen molar-refractivity contribution >= 4 is 11.6 Å². The molecule has 0 amide bonds. The number of Topliss-reactive ketones (excluding diaryl/α,β-unsaturated/α-hetero) is 2. The van der Waals surface area contributed by atoms with Gasteiger partial charge in [-0.05, 0) is 32.3 Å². The number of benzene rings is 1. The van der Waals surface area contributed by atoms with Crippen molar-refractivity contribution in [1.29, 1.82) is 0 Å². The average Bonchev–Trinajstić information content (AvgIpc) is 2.35. The second-order valence-electron chi connectivity index (χ2n) is 5.00. The summed E-state index contributed by atoms with van der Waals surface area (Å²) in [6.45, 7) is 2.29. The van der Waals surface area contributed by atoms with Gasteiger partial charge in [0.25, 0.3) is 0 Å². The lowest BCUT2D eigenvalue weighted by Gasteiger charge is -2.19. The van der Waals surface area contributed by atoms with Gasteiger partial charge < -0.3 is 0 Å². The molecule has 0 aliphatic rings. The fourth-order valence-corrected chi connectivity index (χ4v) is 2.50. The number of nitro groups is 1. The summed E-state index contributed by atoms with van der Waals surface area (Å²) in [4.78, 5) is 33.5. The second kappa shape index (κ2) is 7.53. The van der Waals surface area contributed by atoms with E-state index >= 15 is 0 Å². The standard InChI is InChI=1S/C15H19NO4/c1-11(17)15(12(2)18)14(10-16(19)20)9-8-13-6-4-3-5-7-13/h3-7,14-15H,8-10H2,1-2H3/t14-/m0/s1. The molecule has 0 fully saturated rings. The number of aryl methyl sites for hydroxylation is 1. The van der Waals surface area contributed by atoms with Crippen LogP contribution in [0.15, 0.2) is 30.3 Å². The molecule has 0 aromatic heterocycles. The maximum atomic E-state index is 11.6. The van der Waals surface area contributed by atoms with Crippen LogP contribution < -0.4 is 0 Å². The van der Waals surface area contributed by atoms with Gasteiger partial charge in [0.05, 0.1) is 5.92 Å². The first-order chi connectivity index (χ1) is 9.41. The average molecular weight is 277 g/mol. The van der Waals surface area contributed by atoms with Gasteiger partial charge in [0.15, 0.2) is 0 Å². The molecule has 0 saturated heterocycles. The Bertz CT molecular complexity index is 470. The Kier molecular flexibility index (Phi) is 6.03. The first-order valence-corrected chi connectivity index (χ1v) is 6.58. The summed E-state index contributed by atoms with van der Waals surface area (Å²) in [5, 5.41) is 10.8. The zero-order chi connectivity index (χ0) is 15.1. The molecule has 5 nitrogen and oxygen atoms in total. The van der Waals surface area contributed by atoms with Crippen LogP contribution >= 0.6 is 0 Å². The molecule has 108 valence electrons. The molecule has 0 unspecified atom stereocenters. The van der Waals surface area contributed by atoms with Crippen molar-refractivity contribution in [2.75, 3.05) is 6.54 Å². The van der Waals surface area contributed by atoms with Crippen molar-refractivity contribution in [3.05, 3.63) is 46.0 Å². The zero-order valence-electron chi connectivity index (χ0n) is 11.7. The largest absolute Gasteiger partial charge is 0.299 e. The van der Waals surface area contributed by atoms with E-state index in [0.717, 1.165) is 5.56 Å². The molecule has 0 spiro atoms. The van der Waals surface area contributed by atoms with Gasteiger partial charge in [0.1, 0.15) is 11.6 Å². The number of rotatable bonds is 8. The smallest absolute Gasteiger partial charge is 0.207 e. The van der Waals surface area contributed by atoms with Crippen molar-refractivity contribution in [3.8, 4) is 0 Å². The summed E-state index contributed by atoms with van der Waals surface area (Å²) < 4.78 is 0. The van der Waals surface area contributed by atoms with E-state index in [1.54, 1.807) is 0 Å². The SMILES string of the molecule is CC(=O)C(C(C)=O)[C@@H](CCc1ccccc1)C[N+](=O)[O-]. The highest BCUT2D eigenvalue weighted by Gasteiger charge is 2.32. The van der Waals surface area contributed by atoms with E-state index in [2.05, 4.69) is 0 Å². The van der Waals surface area contributed by atoms with Gasteiger partial charge in [0.2, 0.25) is 6.54 Å². The van der Waals surface area contributed by atoms with Crippen LogP contribution in [0.3, 0.4) is 0 Å². The molecule has 0 heterocycles. The lowest BCUT2D eigenvalue weighted by atomic mass is 9.82. The van der Waals surface area contributed by atoms with Crippen molar-refractivity contribution in [2.24, 2.45) is 11.8 Å². The quantitative estimate of drug-likeness (QED) is 0.415. The summed E-state index contributed by atoms with van der Waals surface area (Å²) in [6, 6.07) is 9.54. The van der Waals surface area contributed by atoms with Crippen LogP contribution in [0.4, 0.5) is 0 Å². The van der Waals surface area contributed by atoms with Crippen LogP contribution in [0.1, 0.15) is 25.8 Å². The molecule has 1 rings (SSSR count). The van der Waals surface area contributed by atoms with Gasteiger partial charge in [-0.1, -0.05) is 30.3 Å². The minimum absolute atomic E-state index is 0.294. The molecule has 20 heavy (non-hydrogen) atoms. The van der Waals surface area contributed by atoms with Gasteiger partial charge in [0, 0.05) is 10.8 Å². The second-order valence-corrected chi connectivity index (χ2v) is 5.00. The number of hydrogen-bond donors (Lipinski definition) is 0. The fourth-order valence-electron chi connectivity index (χ4n) is 2.50. The summed E-state index contributed by atoms with van der Waals surface area (Å²) in [5.74, 6) is -2.00. The van der Waals surface area contributed by atoms with Crippen molar-refractivity contribution in [2.45, 2.75) is 26.7 Å². The maximum Gasteiger partial charge on any atom is 0.207 e. The molecule has 0 radical (unpaired) electrons. The monoisotopic (exact) mass is 277 g/mol. The minimum atomic E-state index is -0.871. The van der Waals surface area contributed by atoms with Gasteiger partial charge in [-0.25, -0.2) is 0 Å². The molecular formula is C15H19NO4. The van der Waals surface area contributed by atoms with Gasteiger partial charge in [-0.2, -0.15) is 0 Å². The van der Waals surface area contributed by atoms with Crippen molar-refractivity contribution in [1.82, 2.24) is 0 Å². The molecule has 0 N–H and O–H groups in total. The molecule has 0 saturated carbocycles. The van der Waals surface area contributed by atoms with Crippen LogP contribution in [0, 0.1) is 22.0 Å². The molecular weight excluding hydrogens is 258 g/mol. The third-order valence-corrected chi connectivity index (χ3v) is 3.38. The number of carbonyl (C=O) groups is 2. The van der Waals surface area contributed by atoms with Crippen LogP contribution in [0.5, 0.6) is 0 Å². The van der Waals surface area contributed by atoms with Gasteiger partial charge >= 0.3 is 0 Å². The van der Waals surface area contributed by atoms with Crippen molar-refractivity contribution in [3.63, 3.8) is 0 Å². The molecule has 1 atom stereocenters. The van der Waals surface area contributed by atoms with E-state index in [1.807, 2.05) is 30.3 Å². The summed E-state index contributed by atoms with van der Waals surface area (Å²) in [5.41, 5.74) is 1.05. The minimum Gasteiger partial charge on any atom is -0.299 e. The van der Waals surface area contributed by atoms with Crippen LogP contribution in [-0.2, 0) is 16.0 Å². The van der Waals surface area contributed by atoms with Crippen LogP contribution in [-0.4, -0.2) is 23.0 Å². The zero-order valence-corrected chi connectivity index (χ0v) is 11.7. The molecule has 0 aliphatic carbocycles. The molecule has 1 aromatic carbocycles. The molecule has 0 aliphatic heterocycles. The molecule has 1 aromatic rings. The lowest BCUT2D eigenvalue weighted by molar-refractivity contribution is -0.489. The van der Waals surface area contributed by atoms with E-state index in [-0.39, 0.29) is 18.1 Å². The highest BCUT2D eigenvalue weighted by Crippen LogP contribution is 2.21. The number of hydrogen-bond acceptors (Lipinski definition) is 4. The normalized spacial score (nSPS) is 12.2. The van der Waals surface area contributed by atoms with E-state index in [1.165, 1.54) is 13.8 Å². The Balaban J connectivity index is 2.80.